The fraction of sp³-hybridized carbons (Fsp3) is 0.500. The van der Waals surface area contributed by atoms with Gasteiger partial charge in [0.2, 0.25) is 0 Å². The van der Waals surface area contributed by atoms with Gasteiger partial charge < -0.3 is 10.2 Å². The Bertz CT molecular complexity index is 482. The zero-order valence-corrected chi connectivity index (χ0v) is 11.2. The van der Waals surface area contributed by atoms with Crippen molar-refractivity contribution in [3.8, 4) is 0 Å². The summed E-state index contributed by atoms with van der Waals surface area (Å²) in [5, 5.41) is 3.15. The molecule has 20 heavy (non-hydrogen) atoms. The fourth-order valence-corrected chi connectivity index (χ4v) is 2.44. The molecule has 0 aromatic heterocycles. The molecule has 6 heteroatoms. The highest BCUT2D eigenvalue weighted by Gasteiger charge is 2.36. The quantitative estimate of drug-likeness (QED) is 0.906. The van der Waals surface area contributed by atoms with Gasteiger partial charge in [0.15, 0.2) is 0 Å². The molecule has 1 aromatic carbocycles. The number of nitrogens with zero attached hydrogens (tertiary/aromatic N) is 1. The second-order valence-electron chi connectivity index (χ2n) is 4.96. The van der Waals surface area contributed by atoms with Crippen LogP contribution >= 0.6 is 0 Å². The zero-order chi connectivity index (χ0) is 14.8. The number of alkyl halides is 3. The standard InChI is InChI=1S/C14H17F3N2O/c1-19(10-5-4-8-18-9-10)13(20)11-6-2-3-7-12(11)14(15,16)17/h2-3,6-7,10,18H,4-5,8-9H2,1H3/t10-/m1/s1. The maximum absolute atomic E-state index is 12.9. The number of carbonyl (C=O) groups is 1. The van der Waals surface area contributed by atoms with E-state index in [1.807, 2.05) is 0 Å². The van der Waals surface area contributed by atoms with Crippen molar-refractivity contribution < 1.29 is 18.0 Å². The number of hydrogen-bond donors (Lipinski definition) is 1. The molecule has 1 amide bonds. The molecule has 1 aliphatic heterocycles. The number of halogens is 3. The van der Waals surface area contributed by atoms with E-state index < -0.39 is 17.6 Å². The molecule has 110 valence electrons. The lowest BCUT2D eigenvalue weighted by molar-refractivity contribution is -0.138. The summed E-state index contributed by atoms with van der Waals surface area (Å²) < 4.78 is 38.8. The molecule has 1 atom stereocenters. The van der Waals surface area contributed by atoms with Crippen molar-refractivity contribution in [2.45, 2.75) is 25.1 Å². The third kappa shape index (κ3) is 3.12. The first kappa shape index (κ1) is 14.8. The van der Waals surface area contributed by atoms with Crippen molar-refractivity contribution in [3.05, 3.63) is 35.4 Å². The molecule has 0 bridgehead atoms. The second kappa shape index (κ2) is 5.83. The summed E-state index contributed by atoms with van der Waals surface area (Å²) in [7, 11) is 1.56. The van der Waals surface area contributed by atoms with E-state index in [1.54, 1.807) is 7.05 Å². The molecule has 1 N–H and O–H groups in total. The number of hydrogen-bond acceptors (Lipinski definition) is 2. The largest absolute Gasteiger partial charge is 0.417 e. The Morgan fingerprint density at radius 2 is 2.05 bits per heavy atom. The lowest BCUT2D eigenvalue weighted by atomic mass is 10.0. The maximum atomic E-state index is 12.9. The number of likely N-dealkylation sites (N-methyl/N-ethyl adjacent to an activating group) is 1. The average Bonchev–Trinajstić information content (AvgIpc) is 2.46. The Morgan fingerprint density at radius 1 is 1.35 bits per heavy atom. The smallest absolute Gasteiger partial charge is 0.337 e. The van der Waals surface area contributed by atoms with Crippen LogP contribution < -0.4 is 5.32 Å². The van der Waals surface area contributed by atoms with Crippen molar-refractivity contribution in [1.29, 1.82) is 0 Å². The first-order chi connectivity index (χ1) is 9.41. The Kier molecular flexibility index (Phi) is 4.32. The van der Waals surface area contributed by atoms with Gasteiger partial charge in [-0.05, 0) is 31.5 Å². The minimum atomic E-state index is -4.52. The maximum Gasteiger partial charge on any atom is 0.417 e. The Labute approximate surface area is 115 Å². The summed E-state index contributed by atoms with van der Waals surface area (Å²) in [5.41, 5.74) is -1.16. The molecule has 1 saturated heterocycles. The summed E-state index contributed by atoms with van der Waals surface area (Å²) in [5.74, 6) is -0.577. The third-order valence-corrected chi connectivity index (χ3v) is 3.60. The summed E-state index contributed by atoms with van der Waals surface area (Å²) in [6.45, 7) is 1.51. The van der Waals surface area contributed by atoms with Crippen LogP contribution in [0.5, 0.6) is 0 Å². The number of carbonyl (C=O) groups excluding carboxylic acids is 1. The first-order valence-corrected chi connectivity index (χ1v) is 6.55. The molecular weight excluding hydrogens is 269 g/mol. The molecule has 1 heterocycles. The van der Waals surface area contributed by atoms with Crippen LogP contribution in [-0.2, 0) is 6.18 Å². The average molecular weight is 286 g/mol. The molecule has 2 rings (SSSR count). The summed E-state index contributed by atoms with van der Waals surface area (Å²) in [6.07, 6.45) is -2.79. The topological polar surface area (TPSA) is 32.3 Å². The number of piperidine rings is 1. The molecule has 0 unspecified atom stereocenters. The van der Waals surface area contributed by atoms with E-state index in [1.165, 1.54) is 23.1 Å². The van der Waals surface area contributed by atoms with Crippen LogP contribution in [0.2, 0.25) is 0 Å². The van der Waals surface area contributed by atoms with Crippen molar-refractivity contribution in [2.75, 3.05) is 20.1 Å². The third-order valence-electron chi connectivity index (χ3n) is 3.60. The summed E-state index contributed by atoms with van der Waals surface area (Å²) >= 11 is 0. The molecule has 1 aliphatic rings. The highest BCUT2D eigenvalue weighted by atomic mass is 19.4. The number of rotatable bonds is 2. The van der Waals surface area contributed by atoms with Gasteiger partial charge in [0.25, 0.3) is 5.91 Å². The van der Waals surface area contributed by atoms with Gasteiger partial charge in [0.1, 0.15) is 0 Å². The van der Waals surface area contributed by atoms with E-state index in [9.17, 15) is 18.0 Å². The van der Waals surface area contributed by atoms with Gasteiger partial charge in [-0.25, -0.2) is 0 Å². The van der Waals surface area contributed by atoms with E-state index >= 15 is 0 Å². The van der Waals surface area contributed by atoms with Crippen LogP contribution in [-0.4, -0.2) is 37.0 Å². The monoisotopic (exact) mass is 286 g/mol. The highest BCUT2D eigenvalue weighted by Crippen LogP contribution is 2.32. The predicted molar refractivity (Wildman–Crippen MR) is 69.4 cm³/mol. The molecule has 0 aliphatic carbocycles. The van der Waals surface area contributed by atoms with Crippen LogP contribution in [0, 0.1) is 0 Å². The van der Waals surface area contributed by atoms with Gasteiger partial charge in [-0.3, -0.25) is 4.79 Å². The van der Waals surface area contributed by atoms with Crippen molar-refractivity contribution >= 4 is 5.91 Å². The van der Waals surface area contributed by atoms with Crippen molar-refractivity contribution in [2.24, 2.45) is 0 Å². The van der Waals surface area contributed by atoms with Gasteiger partial charge in [-0.1, -0.05) is 12.1 Å². The Balaban J connectivity index is 2.24. The second-order valence-corrected chi connectivity index (χ2v) is 4.96. The molecule has 0 radical (unpaired) electrons. The van der Waals surface area contributed by atoms with E-state index in [0.29, 0.717) is 6.54 Å². The van der Waals surface area contributed by atoms with E-state index in [2.05, 4.69) is 5.32 Å². The fourth-order valence-electron chi connectivity index (χ4n) is 2.44. The minimum absolute atomic E-state index is 0.0578. The van der Waals surface area contributed by atoms with Gasteiger partial charge in [0.05, 0.1) is 11.1 Å². The SMILES string of the molecule is CN(C(=O)c1ccccc1C(F)(F)F)[C@@H]1CCCNC1. The lowest BCUT2D eigenvalue weighted by Crippen LogP contribution is -2.47. The van der Waals surface area contributed by atoms with Crippen LogP contribution in [0.4, 0.5) is 13.2 Å². The van der Waals surface area contributed by atoms with Gasteiger partial charge >= 0.3 is 6.18 Å². The van der Waals surface area contributed by atoms with E-state index in [4.69, 9.17) is 0 Å². The van der Waals surface area contributed by atoms with Crippen LogP contribution in [0.25, 0.3) is 0 Å². The normalized spacial score (nSPS) is 19.7. The highest BCUT2D eigenvalue weighted by molar-refractivity contribution is 5.96. The number of nitrogens with one attached hydrogen (secondary N) is 1. The summed E-state index contributed by atoms with van der Waals surface area (Å²) in [6, 6.07) is 4.87. The van der Waals surface area contributed by atoms with Gasteiger partial charge in [-0.2, -0.15) is 13.2 Å². The molecular formula is C14H17F3N2O. The zero-order valence-electron chi connectivity index (χ0n) is 11.2. The first-order valence-electron chi connectivity index (χ1n) is 6.55. The van der Waals surface area contributed by atoms with Gasteiger partial charge in [-0.15, -0.1) is 0 Å². The van der Waals surface area contributed by atoms with Crippen molar-refractivity contribution in [1.82, 2.24) is 10.2 Å². The molecule has 0 spiro atoms. The van der Waals surface area contributed by atoms with Crippen LogP contribution in [0.3, 0.4) is 0 Å². The molecule has 3 nitrogen and oxygen atoms in total. The van der Waals surface area contributed by atoms with Crippen molar-refractivity contribution in [3.63, 3.8) is 0 Å². The Hall–Kier alpha value is -1.56. The minimum Gasteiger partial charge on any atom is -0.337 e. The van der Waals surface area contributed by atoms with E-state index in [0.717, 1.165) is 25.5 Å². The lowest BCUT2D eigenvalue weighted by Gasteiger charge is -2.32. The Morgan fingerprint density at radius 3 is 2.65 bits per heavy atom. The number of benzene rings is 1. The number of amides is 1. The molecule has 1 fully saturated rings. The predicted octanol–water partition coefficient (Wildman–Crippen LogP) is 2.53. The summed E-state index contributed by atoms with van der Waals surface area (Å²) in [4.78, 5) is 13.7. The molecule has 0 saturated carbocycles. The molecule has 1 aromatic rings. The van der Waals surface area contributed by atoms with Crippen LogP contribution in [0.1, 0.15) is 28.8 Å². The van der Waals surface area contributed by atoms with Gasteiger partial charge in [0, 0.05) is 19.6 Å². The van der Waals surface area contributed by atoms with E-state index in [-0.39, 0.29) is 11.6 Å². The van der Waals surface area contributed by atoms with Crippen LogP contribution in [0.15, 0.2) is 24.3 Å².